The average molecular weight is 404 g/mol. The largest absolute Gasteiger partial charge is 0.493 e. The number of carbonyl (C=O) groups excluding carboxylic acids is 1. The number of ether oxygens (including phenoxy) is 2. The number of hydrogen-bond acceptors (Lipinski definition) is 4. The molecule has 1 N–H and O–H groups in total. The highest BCUT2D eigenvalue weighted by atomic mass is 32.1. The van der Waals surface area contributed by atoms with Crippen LogP contribution in [0.1, 0.15) is 18.1 Å². The first-order valence-corrected chi connectivity index (χ1v) is 8.92. The number of methoxy groups -OCH3 is 1. The first-order valence-electron chi connectivity index (χ1n) is 8.52. The standard InChI is InChI=1S/C20H18F2N2O3S/c1-3-12-5-4-6-14(9-12)24-18(25)15(23-20(24)28)10-13-7-8-16(27-19(21)22)17(11-13)26-2/h4-11,19H,3H2,1-2H3,(H,23,28)/b15-10+. The third-order valence-corrected chi connectivity index (χ3v) is 4.45. The van der Waals surface area contributed by atoms with Crippen LogP contribution in [0.5, 0.6) is 11.5 Å². The van der Waals surface area contributed by atoms with Crippen molar-refractivity contribution < 1.29 is 23.0 Å². The molecule has 0 aliphatic carbocycles. The van der Waals surface area contributed by atoms with Crippen LogP contribution in [0.2, 0.25) is 0 Å². The number of hydrogen-bond donors (Lipinski definition) is 1. The lowest BCUT2D eigenvalue weighted by Crippen LogP contribution is -2.30. The summed E-state index contributed by atoms with van der Waals surface area (Å²) in [6.45, 7) is -0.928. The van der Waals surface area contributed by atoms with Gasteiger partial charge >= 0.3 is 6.61 Å². The Bertz CT molecular complexity index is 947. The van der Waals surface area contributed by atoms with E-state index in [1.54, 1.807) is 12.1 Å². The Labute approximate surface area is 166 Å². The number of anilines is 1. The summed E-state index contributed by atoms with van der Waals surface area (Å²) in [4.78, 5) is 14.3. The van der Waals surface area contributed by atoms with Gasteiger partial charge in [-0.05, 0) is 60.1 Å². The van der Waals surface area contributed by atoms with Crippen LogP contribution >= 0.6 is 12.2 Å². The van der Waals surface area contributed by atoms with E-state index in [1.807, 2.05) is 31.2 Å². The lowest BCUT2D eigenvalue weighted by molar-refractivity contribution is -0.113. The summed E-state index contributed by atoms with van der Waals surface area (Å²) in [5.74, 6) is -0.251. The highest BCUT2D eigenvalue weighted by molar-refractivity contribution is 7.80. The maximum Gasteiger partial charge on any atom is 0.387 e. The van der Waals surface area contributed by atoms with Crippen LogP contribution in [0.3, 0.4) is 0 Å². The van der Waals surface area contributed by atoms with Crippen molar-refractivity contribution in [2.24, 2.45) is 0 Å². The molecular weight excluding hydrogens is 386 g/mol. The molecule has 2 aromatic carbocycles. The lowest BCUT2D eigenvalue weighted by Gasteiger charge is -2.14. The minimum absolute atomic E-state index is 0.0844. The number of aryl methyl sites for hydroxylation is 1. The lowest BCUT2D eigenvalue weighted by atomic mass is 10.1. The minimum Gasteiger partial charge on any atom is -0.493 e. The van der Waals surface area contributed by atoms with Crippen LogP contribution < -0.4 is 19.7 Å². The summed E-state index contributed by atoms with van der Waals surface area (Å²) in [6, 6.07) is 12.0. The Morgan fingerprint density at radius 2 is 2.00 bits per heavy atom. The van der Waals surface area contributed by atoms with E-state index >= 15 is 0 Å². The second-order valence-electron chi connectivity index (χ2n) is 5.94. The van der Waals surface area contributed by atoms with Crippen molar-refractivity contribution in [1.29, 1.82) is 0 Å². The van der Waals surface area contributed by atoms with Crippen molar-refractivity contribution >= 4 is 35.0 Å². The summed E-state index contributed by atoms with van der Waals surface area (Å²) in [5, 5.41) is 3.17. The number of halogens is 2. The predicted molar refractivity (Wildman–Crippen MR) is 107 cm³/mol. The van der Waals surface area contributed by atoms with Crippen LogP contribution in [-0.4, -0.2) is 24.7 Å². The fourth-order valence-electron chi connectivity index (χ4n) is 2.82. The van der Waals surface area contributed by atoms with Crippen molar-refractivity contribution in [3.8, 4) is 11.5 Å². The van der Waals surface area contributed by atoms with Gasteiger partial charge in [0, 0.05) is 0 Å². The molecule has 1 aliphatic rings. The molecule has 0 radical (unpaired) electrons. The number of alkyl halides is 2. The number of nitrogens with zero attached hydrogens (tertiary/aromatic N) is 1. The summed E-state index contributed by atoms with van der Waals surface area (Å²) < 4.78 is 34.4. The number of benzene rings is 2. The van der Waals surface area contributed by atoms with Crippen LogP contribution in [-0.2, 0) is 11.2 Å². The van der Waals surface area contributed by atoms with Crippen molar-refractivity contribution in [2.45, 2.75) is 20.0 Å². The summed E-state index contributed by atoms with van der Waals surface area (Å²) in [5.41, 5.74) is 2.62. The maximum absolute atomic E-state index is 12.8. The van der Waals surface area contributed by atoms with E-state index in [9.17, 15) is 13.6 Å². The molecule has 0 aromatic heterocycles. The zero-order valence-corrected chi connectivity index (χ0v) is 16.1. The monoisotopic (exact) mass is 404 g/mol. The molecule has 1 saturated heterocycles. The third-order valence-electron chi connectivity index (χ3n) is 4.17. The van der Waals surface area contributed by atoms with Crippen LogP contribution in [0.15, 0.2) is 48.2 Å². The molecule has 1 fully saturated rings. The quantitative estimate of drug-likeness (QED) is 0.580. The van der Waals surface area contributed by atoms with E-state index < -0.39 is 6.61 Å². The van der Waals surface area contributed by atoms with Gasteiger partial charge in [-0.2, -0.15) is 8.78 Å². The van der Waals surface area contributed by atoms with E-state index in [0.29, 0.717) is 11.3 Å². The molecule has 0 saturated carbocycles. The molecule has 0 atom stereocenters. The molecular formula is C20H18F2N2O3S. The maximum atomic E-state index is 12.8. The molecule has 2 aromatic rings. The Morgan fingerprint density at radius 1 is 1.21 bits per heavy atom. The Hall–Kier alpha value is -3.00. The molecule has 0 unspecified atom stereocenters. The Kier molecular flexibility index (Phi) is 5.89. The van der Waals surface area contributed by atoms with Gasteiger partial charge < -0.3 is 14.8 Å². The SMILES string of the molecule is CCc1cccc(N2C(=O)/C(=C\c3ccc(OC(F)F)c(OC)c3)NC2=S)c1. The molecule has 5 nitrogen and oxygen atoms in total. The zero-order valence-electron chi connectivity index (χ0n) is 15.2. The van der Waals surface area contributed by atoms with Gasteiger partial charge in [-0.3, -0.25) is 9.69 Å². The molecule has 1 heterocycles. The molecule has 0 spiro atoms. The normalized spacial score (nSPS) is 15.3. The highest BCUT2D eigenvalue weighted by Crippen LogP contribution is 2.31. The van der Waals surface area contributed by atoms with E-state index in [2.05, 4.69) is 10.1 Å². The van der Waals surface area contributed by atoms with Gasteiger partial charge in [0.25, 0.3) is 5.91 Å². The van der Waals surface area contributed by atoms with Crippen LogP contribution in [0.25, 0.3) is 6.08 Å². The highest BCUT2D eigenvalue weighted by Gasteiger charge is 2.32. The molecule has 0 bridgehead atoms. The zero-order chi connectivity index (χ0) is 20.3. The minimum atomic E-state index is -2.96. The predicted octanol–water partition coefficient (Wildman–Crippen LogP) is 4.12. The fraction of sp³-hybridized carbons (Fsp3) is 0.200. The van der Waals surface area contributed by atoms with E-state index in [0.717, 1.165) is 12.0 Å². The van der Waals surface area contributed by atoms with E-state index in [1.165, 1.54) is 24.1 Å². The summed E-state index contributed by atoms with van der Waals surface area (Å²) in [7, 11) is 1.35. The van der Waals surface area contributed by atoms with Crippen molar-refractivity contribution in [3.63, 3.8) is 0 Å². The summed E-state index contributed by atoms with van der Waals surface area (Å²) >= 11 is 5.31. The number of nitrogens with one attached hydrogen (secondary N) is 1. The van der Waals surface area contributed by atoms with E-state index in [4.69, 9.17) is 17.0 Å². The third kappa shape index (κ3) is 4.12. The van der Waals surface area contributed by atoms with Gasteiger partial charge in [0.05, 0.1) is 12.8 Å². The number of carbonyl (C=O) groups is 1. The van der Waals surface area contributed by atoms with E-state index in [-0.39, 0.29) is 28.2 Å². The van der Waals surface area contributed by atoms with Gasteiger partial charge in [-0.25, -0.2) is 0 Å². The Balaban J connectivity index is 1.89. The molecule has 3 rings (SSSR count). The first kappa shape index (κ1) is 19.8. The van der Waals surface area contributed by atoms with Gasteiger partial charge in [0.15, 0.2) is 16.6 Å². The Morgan fingerprint density at radius 3 is 2.68 bits per heavy atom. The molecule has 28 heavy (non-hydrogen) atoms. The topological polar surface area (TPSA) is 50.8 Å². The van der Waals surface area contributed by atoms with Gasteiger partial charge in [0.2, 0.25) is 0 Å². The number of thiocarbonyl (C=S) groups is 1. The van der Waals surface area contributed by atoms with Crippen LogP contribution in [0, 0.1) is 0 Å². The first-order chi connectivity index (χ1) is 13.4. The molecule has 1 amide bonds. The fourth-order valence-corrected chi connectivity index (χ4v) is 3.12. The molecule has 8 heteroatoms. The number of rotatable bonds is 6. The van der Waals surface area contributed by atoms with Crippen molar-refractivity contribution in [2.75, 3.05) is 12.0 Å². The average Bonchev–Trinajstić information content (AvgIpc) is 2.95. The summed E-state index contributed by atoms with van der Waals surface area (Å²) in [6.07, 6.45) is 2.42. The molecule has 146 valence electrons. The second-order valence-corrected chi connectivity index (χ2v) is 6.33. The van der Waals surface area contributed by atoms with Crippen molar-refractivity contribution in [1.82, 2.24) is 5.32 Å². The smallest absolute Gasteiger partial charge is 0.387 e. The second kappa shape index (κ2) is 8.35. The van der Waals surface area contributed by atoms with Crippen molar-refractivity contribution in [3.05, 3.63) is 59.3 Å². The molecule has 1 aliphatic heterocycles. The van der Waals surface area contributed by atoms with Gasteiger partial charge in [0.1, 0.15) is 5.70 Å². The van der Waals surface area contributed by atoms with Crippen LogP contribution in [0.4, 0.5) is 14.5 Å². The van der Waals surface area contributed by atoms with Gasteiger partial charge in [-0.15, -0.1) is 0 Å². The van der Waals surface area contributed by atoms with Gasteiger partial charge in [-0.1, -0.05) is 25.1 Å². The number of amides is 1.